The van der Waals surface area contributed by atoms with Crippen LogP contribution in [0.5, 0.6) is 5.75 Å². The van der Waals surface area contributed by atoms with E-state index in [1.807, 2.05) is 19.1 Å². The normalized spacial score (nSPS) is 15.7. The van der Waals surface area contributed by atoms with Gasteiger partial charge in [-0.15, -0.1) is 0 Å². The van der Waals surface area contributed by atoms with Gasteiger partial charge in [0.1, 0.15) is 5.75 Å². The lowest BCUT2D eigenvalue weighted by atomic mass is 9.87. The van der Waals surface area contributed by atoms with Crippen LogP contribution in [0.3, 0.4) is 0 Å². The average molecular weight is 366 g/mol. The fourth-order valence-electron chi connectivity index (χ4n) is 3.57. The van der Waals surface area contributed by atoms with Crippen LogP contribution in [0, 0.1) is 0 Å². The summed E-state index contributed by atoms with van der Waals surface area (Å²) in [4.78, 5) is 12.6. The van der Waals surface area contributed by atoms with Crippen molar-refractivity contribution in [3.8, 4) is 5.75 Å². The molecule has 0 bridgehead atoms. The number of rotatable bonds is 5. The molecule has 3 rings (SSSR count). The maximum atomic E-state index is 12.6. The second kappa shape index (κ2) is 7.75. The molecule has 0 unspecified atom stereocenters. The van der Waals surface area contributed by atoms with Crippen molar-refractivity contribution in [3.05, 3.63) is 64.7 Å². The fraction of sp³-hybridized carbons (Fsp3) is 0.458. The van der Waals surface area contributed by atoms with Crippen LogP contribution in [0.2, 0.25) is 0 Å². The molecule has 3 heteroatoms. The van der Waals surface area contributed by atoms with Crippen LogP contribution in [0.25, 0.3) is 0 Å². The van der Waals surface area contributed by atoms with Gasteiger partial charge in [-0.3, -0.25) is 4.79 Å². The summed E-state index contributed by atoms with van der Waals surface area (Å²) in [5, 5.41) is 3.08. The highest BCUT2D eigenvalue weighted by Crippen LogP contribution is 2.26. The number of ether oxygens (including phenoxy) is 1. The van der Waals surface area contributed by atoms with E-state index < -0.39 is 6.10 Å². The predicted octanol–water partition coefficient (Wildman–Crippen LogP) is 5.12. The van der Waals surface area contributed by atoms with Gasteiger partial charge in [0.25, 0.3) is 5.91 Å². The van der Waals surface area contributed by atoms with Gasteiger partial charge in [-0.1, -0.05) is 51.1 Å². The quantitative estimate of drug-likeness (QED) is 0.799. The Bertz CT molecular complexity index is 802. The zero-order chi connectivity index (χ0) is 19.6. The molecule has 0 saturated carbocycles. The molecule has 3 nitrogen and oxygen atoms in total. The second-order valence-electron chi connectivity index (χ2n) is 8.65. The van der Waals surface area contributed by atoms with E-state index in [0.717, 1.165) is 17.7 Å². The van der Waals surface area contributed by atoms with Crippen LogP contribution in [-0.4, -0.2) is 12.0 Å². The third kappa shape index (κ3) is 4.71. The van der Waals surface area contributed by atoms with Gasteiger partial charge < -0.3 is 10.1 Å². The third-order valence-corrected chi connectivity index (χ3v) is 5.38. The summed E-state index contributed by atoms with van der Waals surface area (Å²) in [7, 11) is 0. The Kier molecular flexibility index (Phi) is 5.59. The molecule has 0 fully saturated rings. The zero-order valence-corrected chi connectivity index (χ0v) is 17.1. The standard InChI is InChI=1S/C24H31NO2/c1-16(19-10-9-18-7-6-8-20(18)15-19)25-23(26)17(2)27-22-13-11-21(12-14-22)24(3,4)5/h9-17H,6-8H2,1-5H3,(H,25,26)/t16-,17-/m1/s1. The summed E-state index contributed by atoms with van der Waals surface area (Å²) >= 11 is 0. The topological polar surface area (TPSA) is 38.3 Å². The van der Waals surface area contributed by atoms with Gasteiger partial charge in [0.2, 0.25) is 0 Å². The molecule has 0 saturated heterocycles. The largest absolute Gasteiger partial charge is 0.481 e. The number of hydrogen-bond donors (Lipinski definition) is 1. The maximum absolute atomic E-state index is 12.6. The Morgan fingerprint density at radius 1 is 1.00 bits per heavy atom. The number of aryl methyl sites for hydroxylation is 2. The molecular formula is C24H31NO2. The minimum absolute atomic E-state index is 0.0299. The summed E-state index contributed by atoms with van der Waals surface area (Å²) in [6.45, 7) is 10.4. The van der Waals surface area contributed by atoms with E-state index in [1.165, 1.54) is 29.5 Å². The molecule has 1 aliphatic carbocycles. The SMILES string of the molecule is C[C@@H](Oc1ccc(C(C)(C)C)cc1)C(=O)N[C@H](C)c1ccc2c(c1)CCC2. The van der Waals surface area contributed by atoms with Crippen LogP contribution >= 0.6 is 0 Å². The van der Waals surface area contributed by atoms with Crippen molar-refractivity contribution in [2.24, 2.45) is 0 Å². The fourth-order valence-corrected chi connectivity index (χ4v) is 3.57. The van der Waals surface area contributed by atoms with Crippen LogP contribution in [0.4, 0.5) is 0 Å². The lowest BCUT2D eigenvalue weighted by Gasteiger charge is -2.21. The highest BCUT2D eigenvalue weighted by Gasteiger charge is 2.20. The van der Waals surface area contributed by atoms with Crippen LogP contribution in [0.15, 0.2) is 42.5 Å². The van der Waals surface area contributed by atoms with Crippen LogP contribution in [-0.2, 0) is 23.1 Å². The smallest absolute Gasteiger partial charge is 0.261 e. The highest BCUT2D eigenvalue weighted by atomic mass is 16.5. The Balaban J connectivity index is 1.58. The van der Waals surface area contributed by atoms with Gasteiger partial charge in [0, 0.05) is 0 Å². The molecule has 144 valence electrons. The lowest BCUT2D eigenvalue weighted by Crippen LogP contribution is -2.37. The number of amides is 1. The van der Waals surface area contributed by atoms with Gasteiger partial charge in [-0.25, -0.2) is 0 Å². The number of fused-ring (bicyclic) bond motifs is 1. The lowest BCUT2D eigenvalue weighted by molar-refractivity contribution is -0.127. The molecule has 0 heterocycles. The third-order valence-electron chi connectivity index (χ3n) is 5.38. The number of nitrogens with one attached hydrogen (secondary N) is 1. The molecule has 2 atom stereocenters. The van der Waals surface area contributed by atoms with E-state index in [1.54, 1.807) is 6.92 Å². The number of hydrogen-bond acceptors (Lipinski definition) is 2. The van der Waals surface area contributed by atoms with Gasteiger partial charge in [-0.2, -0.15) is 0 Å². The molecule has 1 N–H and O–H groups in total. The molecular weight excluding hydrogens is 334 g/mol. The number of carbonyl (C=O) groups is 1. The minimum Gasteiger partial charge on any atom is -0.481 e. The van der Waals surface area contributed by atoms with Crippen LogP contribution < -0.4 is 10.1 Å². The van der Waals surface area contributed by atoms with E-state index in [9.17, 15) is 4.79 Å². The summed E-state index contributed by atoms with van der Waals surface area (Å²) in [6, 6.07) is 14.5. The van der Waals surface area contributed by atoms with Crippen molar-refractivity contribution in [2.45, 2.75) is 71.4 Å². The Labute approximate surface area is 163 Å². The first-order valence-corrected chi connectivity index (χ1v) is 9.93. The Morgan fingerprint density at radius 2 is 1.67 bits per heavy atom. The van der Waals surface area contributed by atoms with Crippen molar-refractivity contribution in [2.75, 3.05) is 0 Å². The summed E-state index contributed by atoms with van der Waals surface area (Å²) in [5.41, 5.74) is 5.39. The first-order chi connectivity index (χ1) is 12.7. The van der Waals surface area contributed by atoms with Crippen LogP contribution in [0.1, 0.15) is 69.3 Å². The summed E-state index contributed by atoms with van der Waals surface area (Å²) in [6.07, 6.45) is 3.02. The van der Waals surface area contributed by atoms with Gasteiger partial charge in [0.15, 0.2) is 6.10 Å². The number of benzene rings is 2. The number of carbonyl (C=O) groups excluding carboxylic acids is 1. The van der Waals surface area contributed by atoms with E-state index in [2.05, 4.69) is 56.4 Å². The molecule has 0 spiro atoms. The Morgan fingerprint density at radius 3 is 2.33 bits per heavy atom. The molecule has 2 aromatic carbocycles. The monoisotopic (exact) mass is 365 g/mol. The van der Waals surface area contributed by atoms with Crippen molar-refractivity contribution in [3.63, 3.8) is 0 Å². The van der Waals surface area contributed by atoms with E-state index in [0.29, 0.717) is 0 Å². The summed E-state index contributed by atoms with van der Waals surface area (Å²) in [5.74, 6) is 0.624. The highest BCUT2D eigenvalue weighted by molar-refractivity contribution is 5.81. The summed E-state index contributed by atoms with van der Waals surface area (Å²) < 4.78 is 5.84. The molecule has 2 aromatic rings. The van der Waals surface area contributed by atoms with Gasteiger partial charge >= 0.3 is 0 Å². The molecule has 0 aliphatic heterocycles. The van der Waals surface area contributed by atoms with Crippen molar-refractivity contribution >= 4 is 5.91 Å². The first-order valence-electron chi connectivity index (χ1n) is 9.93. The zero-order valence-electron chi connectivity index (χ0n) is 17.1. The van der Waals surface area contributed by atoms with Gasteiger partial charge in [-0.05, 0) is 72.9 Å². The predicted molar refractivity (Wildman–Crippen MR) is 110 cm³/mol. The first kappa shape index (κ1) is 19.5. The van der Waals surface area contributed by atoms with Crippen molar-refractivity contribution < 1.29 is 9.53 Å². The van der Waals surface area contributed by atoms with E-state index in [4.69, 9.17) is 4.74 Å². The second-order valence-corrected chi connectivity index (χ2v) is 8.65. The van der Waals surface area contributed by atoms with Crippen molar-refractivity contribution in [1.82, 2.24) is 5.32 Å². The van der Waals surface area contributed by atoms with E-state index >= 15 is 0 Å². The molecule has 1 aliphatic rings. The van der Waals surface area contributed by atoms with E-state index in [-0.39, 0.29) is 17.4 Å². The Hall–Kier alpha value is -2.29. The molecule has 0 radical (unpaired) electrons. The minimum atomic E-state index is -0.539. The molecule has 1 amide bonds. The van der Waals surface area contributed by atoms with Crippen molar-refractivity contribution in [1.29, 1.82) is 0 Å². The van der Waals surface area contributed by atoms with Gasteiger partial charge in [0.05, 0.1) is 6.04 Å². The molecule has 27 heavy (non-hydrogen) atoms. The maximum Gasteiger partial charge on any atom is 0.261 e. The molecule has 0 aromatic heterocycles. The average Bonchev–Trinajstić information content (AvgIpc) is 3.09.